The van der Waals surface area contributed by atoms with Gasteiger partial charge in [0.05, 0.1) is 24.2 Å². The monoisotopic (exact) mass is 664 g/mol. The molecule has 13 heteroatoms. The molecular formula is C32H36Cl2F2N4O5. The zero-order valence-electron chi connectivity index (χ0n) is 25.8. The van der Waals surface area contributed by atoms with Gasteiger partial charge >= 0.3 is 11.9 Å². The van der Waals surface area contributed by atoms with Crippen LogP contribution in [0.2, 0.25) is 10.0 Å². The Bertz CT molecular complexity index is 1580. The van der Waals surface area contributed by atoms with E-state index in [-0.39, 0.29) is 41.5 Å². The third-order valence-corrected chi connectivity index (χ3v) is 8.52. The Morgan fingerprint density at radius 2 is 1.73 bits per heavy atom. The number of halogens is 4. The van der Waals surface area contributed by atoms with Crippen LogP contribution in [0.1, 0.15) is 88.4 Å². The molecule has 2 atom stereocenters. The van der Waals surface area contributed by atoms with Crippen LogP contribution < -0.4 is 4.74 Å². The molecule has 5 rings (SSSR count). The highest BCUT2D eigenvalue weighted by Crippen LogP contribution is 2.46. The Balaban J connectivity index is 1.47. The van der Waals surface area contributed by atoms with Gasteiger partial charge in [0.1, 0.15) is 23.6 Å². The number of aromatic nitrogens is 3. The fraction of sp³-hybridized carbons (Fsp3) is 0.500. The number of nitrogens with zero attached hydrogens (tertiary/aromatic N) is 4. The van der Waals surface area contributed by atoms with Crippen LogP contribution in [0.3, 0.4) is 0 Å². The van der Waals surface area contributed by atoms with E-state index in [1.54, 1.807) is 41.3 Å². The molecule has 0 radical (unpaired) electrons. The van der Waals surface area contributed by atoms with Gasteiger partial charge < -0.3 is 19.1 Å². The van der Waals surface area contributed by atoms with Gasteiger partial charge in [-0.15, -0.1) is 10.2 Å². The molecule has 0 bridgehead atoms. The van der Waals surface area contributed by atoms with Crippen molar-refractivity contribution in [2.24, 2.45) is 5.92 Å². The summed E-state index contributed by atoms with van der Waals surface area (Å²) in [6, 6.07) is 9.99. The van der Waals surface area contributed by atoms with Crippen LogP contribution in [0.5, 0.6) is 5.75 Å². The molecule has 1 saturated heterocycles. The van der Waals surface area contributed by atoms with Crippen molar-refractivity contribution in [3.05, 3.63) is 69.2 Å². The maximum absolute atomic E-state index is 14.9. The molecule has 0 saturated carbocycles. The lowest BCUT2D eigenvalue weighted by Gasteiger charge is -2.33. The highest BCUT2D eigenvalue weighted by atomic mass is 35.5. The van der Waals surface area contributed by atoms with Crippen molar-refractivity contribution in [1.29, 1.82) is 0 Å². The molecule has 45 heavy (non-hydrogen) atoms. The summed E-state index contributed by atoms with van der Waals surface area (Å²) in [6.45, 7) is 7.09. The van der Waals surface area contributed by atoms with E-state index >= 15 is 0 Å². The molecule has 242 valence electrons. The minimum absolute atomic E-state index is 0.0600. The number of ether oxygens (including phenoxy) is 3. The minimum Gasteiger partial charge on any atom is -0.495 e. The molecule has 2 aliphatic heterocycles. The van der Waals surface area contributed by atoms with Crippen LogP contribution in [0.25, 0.3) is 5.69 Å². The molecular weight excluding hydrogens is 629 g/mol. The summed E-state index contributed by atoms with van der Waals surface area (Å²) in [5.41, 5.74) is 0.718. The molecule has 0 spiro atoms. The summed E-state index contributed by atoms with van der Waals surface area (Å²) in [5, 5.41) is 8.60. The summed E-state index contributed by atoms with van der Waals surface area (Å²) in [5.74, 6) is -3.91. The van der Waals surface area contributed by atoms with Crippen molar-refractivity contribution in [1.82, 2.24) is 19.7 Å². The number of carbonyl (C=O) groups is 2. The number of alkyl halides is 2. The first-order chi connectivity index (χ1) is 21.2. The summed E-state index contributed by atoms with van der Waals surface area (Å²) in [7, 11) is 1.48. The average molecular weight is 666 g/mol. The molecule has 1 aromatic heterocycles. The fourth-order valence-electron chi connectivity index (χ4n) is 5.83. The Hall–Kier alpha value is -3.28. The van der Waals surface area contributed by atoms with Crippen LogP contribution >= 0.6 is 23.2 Å². The largest absolute Gasteiger partial charge is 0.495 e. The molecule has 1 amide bonds. The molecule has 0 N–H and O–H groups in total. The van der Waals surface area contributed by atoms with Crippen LogP contribution in [0, 0.1) is 5.92 Å². The molecule has 9 nitrogen and oxygen atoms in total. The molecule has 0 aliphatic carbocycles. The maximum Gasteiger partial charge on any atom is 0.306 e. The smallest absolute Gasteiger partial charge is 0.306 e. The van der Waals surface area contributed by atoms with E-state index in [0.717, 1.165) is 6.92 Å². The van der Waals surface area contributed by atoms with Gasteiger partial charge in [-0.2, -0.15) is 8.78 Å². The molecule has 2 aliphatic rings. The number of hydrogen-bond acceptors (Lipinski definition) is 7. The van der Waals surface area contributed by atoms with Crippen molar-refractivity contribution in [2.45, 2.75) is 77.1 Å². The molecule has 2 aromatic carbocycles. The first kappa shape index (κ1) is 33.1. The van der Waals surface area contributed by atoms with E-state index in [1.165, 1.54) is 11.7 Å². The van der Waals surface area contributed by atoms with Gasteiger partial charge in [0, 0.05) is 42.6 Å². The van der Waals surface area contributed by atoms with E-state index < -0.39 is 29.6 Å². The van der Waals surface area contributed by atoms with E-state index in [1.807, 2.05) is 20.8 Å². The zero-order chi connectivity index (χ0) is 32.7. The number of piperidine rings is 1. The third kappa shape index (κ3) is 7.26. The van der Waals surface area contributed by atoms with Crippen LogP contribution in [-0.2, 0) is 25.0 Å². The van der Waals surface area contributed by atoms with Gasteiger partial charge in [-0.05, 0) is 63.8 Å². The number of fused-ring (bicyclic) bond motifs is 3. The quantitative estimate of drug-likeness (QED) is 0.246. The SMILES string of the molecule is COc1cccc([C@H]2O[C@H](CC(=O)N3CCC(CC(=O)OC(C)(C)C)CC3)c3nnc(C(C)(F)F)n3-c3ccc(Cl)cc32)c1Cl. The molecule has 3 aromatic rings. The van der Waals surface area contributed by atoms with Crippen molar-refractivity contribution in [2.75, 3.05) is 20.2 Å². The second kappa shape index (κ2) is 12.8. The van der Waals surface area contributed by atoms with Crippen LogP contribution in [0.15, 0.2) is 36.4 Å². The normalized spacial score (nSPS) is 19.0. The van der Waals surface area contributed by atoms with Gasteiger partial charge in [0.25, 0.3) is 0 Å². The first-order valence-corrected chi connectivity index (χ1v) is 15.5. The molecule has 1 fully saturated rings. The van der Waals surface area contributed by atoms with Gasteiger partial charge in [-0.3, -0.25) is 14.2 Å². The fourth-order valence-corrected chi connectivity index (χ4v) is 6.31. The molecule has 3 heterocycles. The maximum atomic E-state index is 14.9. The third-order valence-electron chi connectivity index (χ3n) is 7.88. The lowest BCUT2D eigenvalue weighted by Crippen LogP contribution is -2.40. The zero-order valence-corrected chi connectivity index (χ0v) is 27.3. The predicted octanol–water partition coefficient (Wildman–Crippen LogP) is 7.22. The van der Waals surface area contributed by atoms with Crippen LogP contribution in [-0.4, -0.2) is 57.3 Å². The van der Waals surface area contributed by atoms with Gasteiger partial charge in [-0.1, -0.05) is 35.3 Å². The van der Waals surface area contributed by atoms with E-state index in [4.69, 9.17) is 37.4 Å². The summed E-state index contributed by atoms with van der Waals surface area (Å²) in [6.07, 6.45) is -0.635. The van der Waals surface area contributed by atoms with E-state index in [2.05, 4.69) is 10.2 Å². The summed E-state index contributed by atoms with van der Waals surface area (Å²) < 4.78 is 48.6. The highest BCUT2D eigenvalue weighted by Gasteiger charge is 2.41. The van der Waals surface area contributed by atoms with E-state index in [0.29, 0.717) is 53.5 Å². The first-order valence-electron chi connectivity index (χ1n) is 14.8. The number of hydrogen-bond donors (Lipinski definition) is 0. The number of benzene rings is 2. The second-order valence-electron chi connectivity index (χ2n) is 12.5. The van der Waals surface area contributed by atoms with Gasteiger partial charge in [0.15, 0.2) is 5.82 Å². The summed E-state index contributed by atoms with van der Waals surface area (Å²) in [4.78, 5) is 27.8. The number of amides is 1. The number of methoxy groups -OCH3 is 1. The number of carbonyl (C=O) groups excluding carboxylic acids is 2. The summed E-state index contributed by atoms with van der Waals surface area (Å²) >= 11 is 13.2. The minimum atomic E-state index is -3.36. The van der Waals surface area contributed by atoms with Gasteiger partial charge in [-0.25, -0.2) is 0 Å². The molecule has 0 unspecified atom stereocenters. The lowest BCUT2D eigenvalue weighted by molar-refractivity contribution is -0.156. The number of esters is 1. The van der Waals surface area contributed by atoms with Crippen LogP contribution in [0.4, 0.5) is 8.78 Å². The number of rotatable bonds is 7. The Labute approximate surface area is 270 Å². The van der Waals surface area contributed by atoms with Crippen molar-refractivity contribution >= 4 is 35.1 Å². The Kier molecular flexibility index (Phi) is 9.45. The predicted molar refractivity (Wildman–Crippen MR) is 164 cm³/mol. The topological polar surface area (TPSA) is 95.8 Å². The lowest BCUT2D eigenvalue weighted by atomic mass is 9.93. The van der Waals surface area contributed by atoms with E-state index in [9.17, 15) is 18.4 Å². The Morgan fingerprint density at radius 1 is 1.02 bits per heavy atom. The highest BCUT2D eigenvalue weighted by molar-refractivity contribution is 6.33. The number of likely N-dealkylation sites (tertiary alicyclic amines) is 1. The van der Waals surface area contributed by atoms with Crippen molar-refractivity contribution < 1.29 is 32.6 Å². The van der Waals surface area contributed by atoms with Crippen molar-refractivity contribution in [3.8, 4) is 11.4 Å². The standard InChI is InChI=1S/C32H36Cl2F2N4O5/c1-31(2,3)45-26(42)15-18-11-13-39(14-12-18)25(41)17-24-29-37-38-30(32(4,35)36)40(29)22-10-9-19(33)16-21(22)28(44-24)20-7-6-8-23(43-5)27(20)34/h6-10,16,18,24,28H,11-15,17H2,1-5H3/t24-,28-/m1/s1. The van der Waals surface area contributed by atoms with Gasteiger partial charge in [0.2, 0.25) is 11.7 Å². The van der Waals surface area contributed by atoms with Crippen molar-refractivity contribution in [3.63, 3.8) is 0 Å². The second-order valence-corrected chi connectivity index (χ2v) is 13.3. The average Bonchev–Trinajstić information content (AvgIpc) is 3.36. The Morgan fingerprint density at radius 3 is 2.38 bits per heavy atom.